The van der Waals surface area contributed by atoms with Gasteiger partial charge in [-0.25, -0.2) is 4.98 Å². The van der Waals surface area contributed by atoms with Crippen LogP contribution < -0.4 is 21.3 Å². The Hall–Kier alpha value is -3.62. The minimum atomic E-state index is -0.243. The Labute approximate surface area is 173 Å². The van der Waals surface area contributed by atoms with E-state index in [0.717, 1.165) is 34.3 Å². The minimum absolute atomic E-state index is 0.163. The fourth-order valence-corrected chi connectivity index (χ4v) is 3.03. The first-order chi connectivity index (χ1) is 14.6. The van der Waals surface area contributed by atoms with Gasteiger partial charge in [0.15, 0.2) is 6.29 Å². The van der Waals surface area contributed by atoms with E-state index in [9.17, 15) is 9.59 Å². The van der Waals surface area contributed by atoms with Crippen LogP contribution in [0.25, 0.3) is 16.6 Å². The van der Waals surface area contributed by atoms with Gasteiger partial charge in [-0.1, -0.05) is 6.07 Å². The van der Waals surface area contributed by atoms with Gasteiger partial charge in [0.25, 0.3) is 5.56 Å². The van der Waals surface area contributed by atoms with Crippen LogP contribution in [-0.2, 0) is 13.1 Å². The number of aromatic nitrogens is 3. The number of carbonyl (C=O) groups is 1. The van der Waals surface area contributed by atoms with Crippen LogP contribution in [0.3, 0.4) is 0 Å². The number of pyridine rings is 2. The SMILES string of the molecule is CNCc1cnc2c(OC)cc(CN)cc2c1.O=Cc1cc(=O)n2ccccc2n1. The molecule has 3 aromatic heterocycles. The number of nitrogens with two attached hydrogens (primary N) is 1. The molecule has 0 saturated heterocycles. The van der Waals surface area contributed by atoms with E-state index in [1.165, 1.54) is 10.5 Å². The Morgan fingerprint density at radius 3 is 2.70 bits per heavy atom. The number of hydrogen-bond acceptors (Lipinski definition) is 7. The molecule has 4 aromatic rings. The molecule has 0 aliphatic rings. The first-order valence-electron chi connectivity index (χ1n) is 9.33. The summed E-state index contributed by atoms with van der Waals surface area (Å²) in [6, 6.07) is 12.5. The molecule has 8 nitrogen and oxygen atoms in total. The summed E-state index contributed by atoms with van der Waals surface area (Å²) in [4.78, 5) is 30.1. The van der Waals surface area contributed by atoms with E-state index in [1.807, 2.05) is 19.3 Å². The molecule has 3 N–H and O–H groups in total. The second kappa shape index (κ2) is 9.73. The van der Waals surface area contributed by atoms with Crippen molar-refractivity contribution < 1.29 is 9.53 Å². The third kappa shape index (κ3) is 4.68. The monoisotopic (exact) mass is 405 g/mol. The first-order valence-corrected chi connectivity index (χ1v) is 9.33. The molecule has 8 heteroatoms. The highest BCUT2D eigenvalue weighted by Gasteiger charge is 2.06. The third-order valence-electron chi connectivity index (χ3n) is 4.41. The topological polar surface area (TPSA) is 112 Å². The lowest BCUT2D eigenvalue weighted by Gasteiger charge is -2.09. The molecule has 0 atom stereocenters. The highest BCUT2D eigenvalue weighted by atomic mass is 16.5. The molecule has 0 radical (unpaired) electrons. The standard InChI is InChI=1S/C13H17N3O.C9H6N2O2/c1-15-7-10-4-11-3-9(6-14)5-12(17-2)13(11)16-8-10;12-6-7-5-9(13)11-4-2-1-3-8(11)10-7/h3-5,8,15H,6-7,14H2,1-2H3;1-6H. The summed E-state index contributed by atoms with van der Waals surface area (Å²) >= 11 is 0. The van der Waals surface area contributed by atoms with Gasteiger partial charge in [-0.2, -0.15) is 0 Å². The number of methoxy groups -OCH3 is 1. The van der Waals surface area contributed by atoms with Crippen LogP contribution in [0.15, 0.2) is 59.7 Å². The number of aldehydes is 1. The van der Waals surface area contributed by atoms with E-state index in [2.05, 4.69) is 27.4 Å². The zero-order chi connectivity index (χ0) is 21.5. The molecule has 30 heavy (non-hydrogen) atoms. The molecular formula is C22H23N5O3. The normalized spacial score (nSPS) is 10.5. The van der Waals surface area contributed by atoms with Crippen molar-refractivity contribution in [3.05, 3.63) is 82.0 Å². The molecule has 0 fully saturated rings. The molecule has 0 spiro atoms. The van der Waals surface area contributed by atoms with Crippen molar-refractivity contribution in [1.29, 1.82) is 0 Å². The molecule has 0 amide bonds. The summed E-state index contributed by atoms with van der Waals surface area (Å²) in [7, 11) is 3.57. The predicted octanol–water partition coefficient (Wildman–Crippen LogP) is 1.93. The number of benzene rings is 1. The van der Waals surface area contributed by atoms with Gasteiger partial charge in [0.1, 0.15) is 22.6 Å². The molecule has 0 aliphatic heterocycles. The second-order valence-electron chi connectivity index (χ2n) is 6.51. The average molecular weight is 405 g/mol. The molecule has 4 rings (SSSR count). The van der Waals surface area contributed by atoms with E-state index < -0.39 is 0 Å². The van der Waals surface area contributed by atoms with Crippen molar-refractivity contribution in [1.82, 2.24) is 19.7 Å². The lowest BCUT2D eigenvalue weighted by atomic mass is 10.1. The fourth-order valence-electron chi connectivity index (χ4n) is 3.03. The van der Waals surface area contributed by atoms with E-state index in [1.54, 1.807) is 31.5 Å². The minimum Gasteiger partial charge on any atom is -0.494 e. The Morgan fingerprint density at radius 2 is 2.00 bits per heavy atom. The molecule has 0 aliphatic carbocycles. The van der Waals surface area contributed by atoms with Crippen LogP contribution in [0, 0.1) is 0 Å². The van der Waals surface area contributed by atoms with Gasteiger partial charge in [-0.15, -0.1) is 0 Å². The van der Waals surface area contributed by atoms with Gasteiger partial charge in [0, 0.05) is 36.9 Å². The summed E-state index contributed by atoms with van der Waals surface area (Å²) in [6.45, 7) is 1.31. The zero-order valence-electron chi connectivity index (χ0n) is 16.8. The lowest BCUT2D eigenvalue weighted by Crippen LogP contribution is -2.14. The van der Waals surface area contributed by atoms with Crippen LogP contribution in [0.1, 0.15) is 21.6 Å². The van der Waals surface area contributed by atoms with Crippen LogP contribution >= 0.6 is 0 Å². The predicted molar refractivity (Wildman–Crippen MR) is 116 cm³/mol. The van der Waals surface area contributed by atoms with E-state index in [0.29, 0.717) is 18.5 Å². The summed E-state index contributed by atoms with van der Waals surface area (Å²) in [6.07, 6.45) is 4.04. The number of nitrogens with zero attached hydrogens (tertiary/aromatic N) is 3. The van der Waals surface area contributed by atoms with E-state index in [4.69, 9.17) is 10.5 Å². The molecule has 154 valence electrons. The maximum absolute atomic E-state index is 11.3. The van der Waals surface area contributed by atoms with Crippen molar-refractivity contribution in [3.63, 3.8) is 0 Å². The maximum Gasteiger partial charge on any atom is 0.258 e. The molecule has 3 heterocycles. The van der Waals surface area contributed by atoms with Gasteiger partial charge < -0.3 is 15.8 Å². The van der Waals surface area contributed by atoms with E-state index >= 15 is 0 Å². The highest BCUT2D eigenvalue weighted by Crippen LogP contribution is 2.26. The number of ether oxygens (including phenoxy) is 1. The fraction of sp³-hybridized carbons (Fsp3) is 0.182. The Balaban J connectivity index is 0.000000177. The number of rotatable bonds is 5. The van der Waals surface area contributed by atoms with Crippen molar-refractivity contribution in [2.75, 3.05) is 14.2 Å². The van der Waals surface area contributed by atoms with Crippen LogP contribution in [0.5, 0.6) is 5.75 Å². The van der Waals surface area contributed by atoms with Gasteiger partial charge >= 0.3 is 0 Å². The van der Waals surface area contributed by atoms with Crippen molar-refractivity contribution in [3.8, 4) is 5.75 Å². The van der Waals surface area contributed by atoms with Gasteiger partial charge in [-0.3, -0.25) is 19.0 Å². The van der Waals surface area contributed by atoms with Gasteiger partial charge in [-0.05, 0) is 48.5 Å². The Morgan fingerprint density at radius 1 is 1.20 bits per heavy atom. The largest absolute Gasteiger partial charge is 0.494 e. The van der Waals surface area contributed by atoms with Crippen molar-refractivity contribution in [2.45, 2.75) is 13.1 Å². The van der Waals surface area contributed by atoms with E-state index in [-0.39, 0.29) is 11.3 Å². The third-order valence-corrected chi connectivity index (χ3v) is 4.41. The maximum atomic E-state index is 11.3. The Bertz CT molecular complexity index is 1240. The first kappa shape index (κ1) is 21.1. The van der Waals surface area contributed by atoms with Crippen LogP contribution in [0.2, 0.25) is 0 Å². The van der Waals surface area contributed by atoms with Crippen LogP contribution in [0.4, 0.5) is 0 Å². The highest BCUT2D eigenvalue weighted by molar-refractivity contribution is 5.85. The smallest absolute Gasteiger partial charge is 0.258 e. The molecular weight excluding hydrogens is 382 g/mol. The van der Waals surface area contributed by atoms with Crippen molar-refractivity contribution in [2.24, 2.45) is 5.73 Å². The summed E-state index contributed by atoms with van der Waals surface area (Å²) < 4.78 is 6.72. The van der Waals surface area contributed by atoms with Gasteiger partial charge in [0.05, 0.1) is 7.11 Å². The zero-order valence-corrected chi connectivity index (χ0v) is 16.8. The number of carbonyl (C=O) groups excluding carboxylic acids is 1. The Kier molecular flexibility index (Phi) is 6.84. The number of hydrogen-bond donors (Lipinski definition) is 2. The summed E-state index contributed by atoms with van der Waals surface area (Å²) in [5.74, 6) is 0.777. The average Bonchev–Trinajstić information content (AvgIpc) is 2.78. The number of fused-ring (bicyclic) bond motifs is 2. The van der Waals surface area contributed by atoms with Crippen LogP contribution in [-0.4, -0.2) is 34.8 Å². The molecule has 1 aromatic carbocycles. The number of nitrogens with one attached hydrogen (secondary N) is 1. The lowest BCUT2D eigenvalue weighted by molar-refractivity contribution is 0.111. The summed E-state index contributed by atoms with van der Waals surface area (Å²) in [5, 5.41) is 4.18. The molecule has 0 bridgehead atoms. The van der Waals surface area contributed by atoms with Crippen molar-refractivity contribution >= 4 is 22.8 Å². The molecule has 0 unspecified atom stereocenters. The second-order valence-corrected chi connectivity index (χ2v) is 6.51. The van der Waals surface area contributed by atoms with Gasteiger partial charge in [0.2, 0.25) is 0 Å². The quantitative estimate of drug-likeness (QED) is 0.488. The molecule has 0 saturated carbocycles. The summed E-state index contributed by atoms with van der Waals surface area (Å²) in [5.41, 5.74) is 9.16.